The van der Waals surface area contributed by atoms with Crippen LogP contribution in [-0.4, -0.2) is 11.4 Å². The van der Waals surface area contributed by atoms with Gasteiger partial charge in [-0.1, -0.05) is 39.0 Å². The first-order chi connectivity index (χ1) is 9.80. The maximum atomic E-state index is 12.7. The number of hydrogen-bond donors (Lipinski definition) is 0. The fraction of sp³-hybridized carbons (Fsp3) is 0.533. The van der Waals surface area contributed by atoms with Crippen LogP contribution in [0, 0.1) is 5.82 Å². The Hall–Kier alpha value is -1.03. The molecule has 0 aromatic heterocycles. The molecular weight excluding hydrogens is 294 g/mol. The number of carbonyl (C=O) groups excluding carboxylic acids is 1. The van der Waals surface area contributed by atoms with E-state index in [1.54, 1.807) is 12.1 Å². The fourth-order valence-electron chi connectivity index (χ4n) is 2.26. The first-order valence-electron chi connectivity index (χ1n) is 7.07. The van der Waals surface area contributed by atoms with Crippen LogP contribution in [0.1, 0.15) is 44.6 Å². The summed E-state index contributed by atoms with van der Waals surface area (Å²) in [6, 6.07) is 6.33. The molecule has 0 spiro atoms. The first-order valence-corrected chi connectivity index (χ1v) is 8.68. The van der Waals surface area contributed by atoms with Crippen molar-refractivity contribution >= 4 is 13.4 Å². The molecular formula is C15H20FO4P-2. The first kappa shape index (κ1) is 18.0. The molecule has 4 nitrogen and oxygen atoms in total. The Bertz CT molecular complexity index is 495. The van der Waals surface area contributed by atoms with Crippen LogP contribution in [0.25, 0.3) is 0 Å². The number of hydrogen-bond acceptors (Lipinski definition) is 4. The molecule has 1 unspecified atom stereocenters. The summed E-state index contributed by atoms with van der Waals surface area (Å²) in [7, 11) is -4.83. The standard InChI is InChI=1S/C15H22FO4P/c1-12(17)15(21(18,19)20)7-5-3-2-4-6-13-8-10-14(16)11-9-13/h8-11,15H,2-7H2,1H3,(H2,18,19,20)/p-2. The van der Waals surface area contributed by atoms with E-state index in [-0.39, 0.29) is 12.2 Å². The number of unbranched alkanes of at least 4 members (excludes halogenated alkanes) is 3. The van der Waals surface area contributed by atoms with Crippen LogP contribution in [0.5, 0.6) is 0 Å². The molecule has 0 aliphatic rings. The lowest BCUT2D eigenvalue weighted by Gasteiger charge is -2.36. The van der Waals surface area contributed by atoms with Crippen LogP contribution >= 0.6 is 7.60 Å². The van der Waals surface area contributed by atoms with Gasteiger partial charge in [-0.3, -0.25) is 4.79 Å². The smallest absolute Gasteiger partial charge is 0.137 e. The second-order valence-electron chi connectivity index (χ2n) is 5.25. The number of halogens is 1. The monoisotopic (exact) mass is 314 g/mol. The zero-order valence-corrected chi connectivity index (χ0v) is 13.0. The number of ketones is 1. The molecule has 0 fully saturated rings. The van der Waals surface area contributed by atoms with E-state index >= 15 is 0 Å². The molecule has 1 rings (SSSR count). The van der Waals surface area contributed by atoms with Gasteiger partial charge in [0.15, 0.2) is 0 Å². The van der Waals surface area contributed by atoms with E-state index in [9.17, 15) is 23.5 Å². The van der Waals surface area contributed by atoms with Gasteiger partial charge in [0, 0.05) is 5.66 Å². The predicted molar refractivity (Wildman–Crippen MR) is 75.3 cm³/mol. The Labute approximate surface area is 124 Å². The zero-order valence-electron chi connectivity index (χ0n) is 12.1. The van der Waals surface area contributed by atoms with E-state index in [1.807, 2.05) is 0 Å². The summed E-state index contributed by atoms with van der Waals surface area (Å²) in [5.74, 6) is -0.830. The van der Waals surface area contributed by atoms with Gasteiger partial charge in [0.2, 0.25) is 0 Å². The van der Waals surface area contributed by atoms with Crippen LogP contribution in [0.15, 0.2) is 24.3 Å². The third-order valence-corrected chi connectivity index (χ3v) is 4.84. The second-order valence-corrected chi connectivity index (χ2v) is 6.95. The molecule has 0 heterocycles. The summed E-state index contributed by atoms with van der Waals surface area (Å²) in [5.41, 5.74) is -0.323. The Morgan fingerprint density at radius 2 is 1.71 bits per heavy atom. The van der Waals surface area contributed by atoms with E-state index in [4.69, 9.17) is 0 Å². The van der Waals surface area contributed by atoms with E-state index < -0.39 is 19.0 Å². The summed E-state index contributed by atoms with van der Waals surface area (Å²) in [4.78, 5) is 33.0. The normalized spacial score (nSPS) is 13.1. The maximum Gasteiger partial charge on any atom is 0.137 e. The molecule has 0 N–H and O–H groups in total. The van der Waals surface area contributed by atoms with Gasteiger partial charge in [0.25, 0.3) is 0 Å². The molecule has 1 aromatic rings. The van der Waals surface area contributed by atoms with Crippen molar-refractivity contribution in [2.75, 3.05) is 0 Å². The lowest BCUT2D eigenvalue weighted by Crippen LogP contribution is -2.31. The van der Waals surface area contributed by atoms with Crippen molar-refractivity contribution in [3.8, 4) is 0 Å². The Kier molecular flexibility index (Phi) is 7.23. The van der Waals surface area contributed by atoms with Gasteiger partial charge in [0.1, 0.15) is 11.6 Å². The molecule has 0 saturated carbocycles. The van der Waals surface area contributed by atoms with Crippen molar-refractivity contribution < 1.29 is 23.5 Å². The average molecular weight is 314 g/mol. The highest BCUT2D eigenvalue weighted by Gasteiger charge is 2.17. The maximum absolute atomic E-state index is 12.7. The molecule has 0 radical (unpaired) electrons. The number of carbonyl (C=O) groups is 1. The molecule has 118 valence electrons. The summed E-state index contributed by atoms with van der Waals surface area (Å²) in [6.45, 7) is 1.14. The highest BCUT2D eigenvalue weighted by molar-refractivity contribution is 7.50. The van der Waals surface area contributed by atoms with Gasteiger partial charge in [-0.2, -0.15) is 0 Å². The minimum absolute atomic E-state index is 0.107. The molecule has 0 aliphatic heterocycles. The number of Topliss-reactive ketones (excluding diaryl/α,β-unsaturated/α-hetero) is 1. The van der Waals surface area contributed by atoms with Crippen molar-refractivity contribution in [2.24, 2.45) is 0 Å². The average Bonchev–Trinajstić information content (AvgIpc) is 2.37. The molecule has 1 atom stereocenters. The summed E-state index contributed by atoms with van der Waals surface area (Å²) in [6.07, 6.45) is 4.04. The van der Waals surface area contributed by atoms with Gasteiger partial charge >= 0.3 is 0 Å². The van der Waals surface area contributed by atoms with Crippen molar-refractivity contribution in [3.05, 3.63) is 35.6 Å². The molecule has 1 aromatic carbocycles. The SMILES string of the molecule is CC(=O)C(CCCCCCc1ccc(F)cc1)P(=O)([O-])[O-]. The van der Waals surface area contributed by atoms with Gasteiger partial charge in [-0.05, 0) is 43.9 Å². The third kappa shape index (κ3) is 6.98. The van der Waals surface area contributed by atoms with E-state index in [0.717, 1.165) is 38.2 Å². The Morgan fingerprint density at radius 1 is 1.14 bits per heavy atom. The Balaban J connectivity index is 2.21. The Morgan fingerprint density at radius 3 is 2.24 bits per heavy atom. The van der Waals surface area contributed by atoms with Gasteiger partial charge in [-0.25, -0.2) is 4.39 Å². The molecule has 0 aliphatic carbocycles. The minimum atomic E-state index is -4.83. The van der Waals surface area contributed by atoms with Gasteiger partial charge in [-0.15, -0.1) is 0 Å². The van der Waals surface area contributed by atoms with E-state index in [2.05, 4.69) is 0 Å². The van der Waals surface area contributed by atoms with Crippen molar-refractivity contribution in [1.29, 1.82) is 0 Å². The summed E-state index contributed by atoms with van der Waals surface area (Å²) < 4.78 is 23.6. The molecule has 21 heavy (non-hydrogen) atoms. The van der Waals surface area contributed by atoms with E-state index in [0.29, 0.717) is 6.42 Å². The summed E-state index contributed by atoms with van der Waals surface area (Å²) >= 11 is 0. The topological polar surface area (TPSA) is 80.3 Å². The lowest BCUT2D eigenvalue weighted by molar-refractivity contribution is -0.315. The number of rotatable bonds is 9. The third-order valence-electron chi connectivity index (χ3n) is 3.46. The quantitative estimate of drug-likeness (QED) is 0.517. The largest absolute Gasteiger partial charge is 0.810 e. The number of aryl methyl sites for hydroxylation is 1. The van der Waals surface area contributed by atoms with E-state index in [1.165, 1.54) is 12.1 Å². The van der Waals surface area contributed by atoms with Crippen molar-refractivity contribution in [1.82, 2.24) is 0 Å². The summed E-state index contributed by atoms with van der Waals surface area (Å²) in [5, 5.41) is 0. The van der Waals surface area contributed by atoms with Gasteiger partial charge < -0.3 is 14.4 Å². The van der Waals surface area contributed by atoms with Crippen molar-refractivity contribution in [3.63, 3.8) is 0 Å². The fourth-order valence-corrected chi connectivity index (χ4v) is 3.20. The lowest BCUT2D eigenvalue weighted by atomic mass is 10.0. The second kappa shape index (κ2) is 8.42. The highest BCUT2D eigenvalue weighted by Crippen LogP contribution is 2.35. The van der Waals surface area contributed by atoms with Crippen LogP contribution in [-0.2, 0) is 15.8 Å². The molecule has 0 bridgehead atoms. The zero-order chi connectivity index (χ0) is 15.9. The van der Waals surface area contributed by atoms with Crippen LogP contribution in [0.4, 0.5) is 4.39 Å². The minimum Gasteiger partial charge on any atom is -0.810 e. The van der Waals surface area contributed by atoms with Gasteiger partial charge in [0.05, 0.1) is 0 Å². The van der Waals surface area contributed by atoms with Crippen LogP contribution in [0.2, 0.25) is 0 Å². The van der Waals surface area contributed by atoms with Crippen LogP contribution < -0.4 is 9.79 Å². The van der Waals surface area contributed by atoms with Crippen LogP contribution in [0.3, 0.4) is 0 Å². The van der Waals surface area contributed by atoms with Crippen molar-refractivity contribution in [2.45, 2.75) is 51.1 Å². The molecule has 0 saturated heterocycles. The number of benzene rings is 1. The molecule has 0 amide bonds. The molecule has 6 heteroatoms. The highest BCUT2D eigenvalue weighted by atomic mass is 31.2. The predicted octanol–water partition coefficient (Wildman–Crippen LogP) is 2.19.